The van der Waals surface area contributed by atoms with E-state index in [1.807, 2.05) is 0 Å². The van der Waals surface area contributed by atoms with Crippen LogP contribution < -0.4 is 0 Å². The summed E-state index contributed by atoms with van der Waals surface area (Å²) < 4.78 is 1.50. The van der Waals surface area contributed by atoms with Crippen LogP contribution in [0.2, 0.25) is 0 Å². The molecule has 2 aromatic heterocycles. The van der Waals surface area contributed by atoms with E-state index < -0.39 is 0 Å². The lowest BCUT2D eigenvalue weighted by molar-refractivity contribution is 0.448. The lowest BCUT2D eigenvalue weighted by atomic mass is 10.7. The summed E-state index contributed by atoms with van der Waals surface area (Å²) in [6.07, 6.45) is 4.69. The molecule has 0 spiro atoms. The first kappa shape index (κ1) is 5.22. The van der Waals surface area contributed by atoms with Crippen molar-refractivity contribution >= 4 is 5.78 Å². The Hall–Kier alpha value is -1.58. The van der Waals surface area contributed by atoms with Gasteiger partial charge in [0.1, 0.15) is 0 Å². The highest BCUT2D eigenvalue weighted by Gasteiger charge is 1.97. The van der Waals surface area contributed by atoms with Crippen LogP contribution in [-0.4, -0.2) is 19.5 Å². The van der Waals surface area contributed by atoms with Crippen LogP contribution in [0.4, 0.5) is 0 Å². The van der Waals surface area contributed by atoms with Gasteiger partial charge < -0.3 is 5.11 Å². The molecule has 0 bridgehead atoms. The van der Waals surface area contributed by atoms with Crippen molar-refractivity contribution in [3.8, 4) is 5.88 Å². The molecular formula is C6H5N3O. The standard InChI is InChI=1S/C6H5N3O/c10-5-4-8-6-7-2-1-3-9(5)6/h1-4,10H. The molecule has 4 nitrogen and oxygen atoms in total. The van der Waals surface area contributed by atoms with E-state index in [9.17, 15) is 0 Å². The smallest absolute Gasteiger partial charge is 0.236 e. The van der Waals surface area contributed by atoms with Crippen LogP contribution in [0.1, 0.15) is 0 Å². The zero-order chi connectivity index (χ0) is 6.97. The molecule has 0 saturated heterocycles. The van der Waals surface area contributed by atoms with E-state index in [-0.39, 0.29) is 5.88 Å². The average Bonchev–Trinajstić information content (AvgIpc) is 2.34. The summed E-state index contributed by atoms with van der Waals surface area (Å²) in [5.74, 6) is 0.628. The Bertz CT molecular complexity index is 355. The van der Waals surface area contributed by atoms with Gasteiger partial charge >= 0.3 is 0 Å². The molecule has 0 aliphatic carbocycles. The van der Waals surface area contributed by atoms with Crippen molar-refractivity contribution in [2.45, 2.75) is 0 Å². The Kier molecular flexibility index (Phi) is 0.887. The molecule has 0 aliphatic rings. The van der Waals surface area contributed by atoms with Gasteiger partial charge in [-0.3, -0.25) is 4.40 Å². The van der Waals surface area contributed by atoms with Crippen LogP contribution in [0.25, 0.3) is 5.78 Å². The van der Waals surface area contributed by atoms with E-state index in [2.05, 4.69) is 9.97 Å². The zero-order valence-corrected chi connectivity index (χ0v) is 5.10. The van der Waals surface area contributed by atoms with E-state index in [0.717, 1.165) is 0 Å². The SMILES string of the molecule is Oc1cnc2ncccn12. The van der Waals surface area contributed by atoms with Crippen molar-refractivity contribution in [3.05, 3.63) is 24.7 Å². The van der Waals surface area contributed by atoms with Gasteiger partial charge in [-0.15, -0.1) is 0 Å². The lowest BCUT2D eigenvalue weighted by Crippen LogP contribution is -1.84. The molecule has 2 rings (SSSR count). The molecule has 4 heteroatoms. The number of nitrogens with zero attached hydrogens (tertiary/aromatic N) is 3. The maximum absolute atomic E-state index is 9.07. The number of aromatic nitrogens is 3. The van der Waals surface area contributed by atoms with Crippen molar-refractivity contribution in [1.29, 1.82) is 0 Å². The van der Waals surface area contributed by atoms with Gasteiger partial charge in [-0.2, -0.15) is 0 Å². The van der Waals surface area contributed by atoms with Gasteiger partial charge in [-0.1, -0.05) is 0 Å². The first-order chi connectivity index (χ1) is 4.88. The molecule has 2 aromatic rings. The Balaban J connectivity index is 2.93. The third-order valence-electron chi connectivity index (χ3n) is 1.27. The fourth-order valence-electron chi connectivity index (χ4n) is 0.815. The number of aromatic hydroxyl groups is 1. The summed E-state index contributed by atoms with van der Waals surface area (Å²) >= 11 is 0. The number of fused-ring (bicyclic) bond motifs is 1. The number of imidazole rings is 1. The van der Waals surface area contributed by atoms with Crippen molar-refractivity contribution in [3.63, 3.8) is 0 Å². The summed E-state index contributed by atoms with van der Waals surface area (Å²) in [5, 5.41) is 9.07. The van der Waals surface area contributed by atoms with Gasteiger partial charge in [-0.25, -0.2) is 9.97 Å². The maximum atomic E-state index is 9.07. The Morgan fingerprint density at radius 3 is 3.10 bits per heavy atom. The minimum absolute atomic E-state index is 0.114. The topological polar surface area (TPSA) is 50.4 Å². The number of hydrogen-bond acceptors (Lipinski definition) is 3. The predicted molar refractivity (Wildman–Crippen MR) is 34.7 cm³/mol. The highest BCUT2D eigenvalue weighted by molar-refractivity contribution is 5.32. The number of rotatable bonds is 0. The maximum Gasteiger partial charge on any atom is 0.236 e. The molecule has 0 unspecified atom stereocenters. The van der Waals surface area contributed by atoms with Crippen LogP contribution in [0.5, 0.6) is 5.88 Å². The fraction of sp³-hybridized carbons (Fsp3) is 0. The second-order valence-corrected chi connectivity index (χ2v) is 1.91. The first-order valence-electron chi connectivity index (χ1n) is 2.85. The van der Waals surface area contributed by atoms with E-state index in [1.54, 1.807) is 18.5 Å². The van der Waals surface area contributed by atoms with Crippen LogP contribution in [-0.2, 0) is 0 Å². The summed E-state index contributed by atoms with van der Waals surface area (Å²) in [7, 11) is 0. The zero-order valence-electron chi connectivity index (χ0n) is 5.10. The summed E-state index contributed by atoms with van der Waals surface area (Å²) in [6, 6.07) is 1.73. The van der Waals surface area contributed by atoms with Gasteiger partial charge in [0.2, 0.25) is 11.7 Å². The van der Waals surface area contributed by atoms with Crippen LogP contribution >= 0.6 is 0 Å². The third kappa shape index (κ3) is 0.556. The van der Waals surface area contributed by atoms with Crippen molar-refractivity contribution in [2.75, 3.05) is 0 Å². The molecule has 50 valence electrons. The van der Waals surface area contributed by atoms with Crippen LogP contribution in [0.3, 0.4) is 0 Å². The molecule has 1 N–H and O–H groups in total. The van der Waals surface area contributed by atoms with Gasteiger partial charge in [0.05, 0.1) is 6.20 Å². The highest BCUT2D eigenvalue weighted by Crippen LogP contribution is 2.07. The monoisotopic (exact) mass is 135 g/mol. The summed E-state index contributed by atoms with van der Waals surface area (Å²) in [5.41, 5.74) is 0. The normalized spacial score (nSPS) is 10.4. The highest BCUT2D eigenvalue weighted by atomic mass is 16.3. The summed E-state index contributed by atoms with van der Waals surface area (Å²) in [4.78, 5) is 7.71. The molecule has 0 saturated carbocycles. The second kappa shape index (κ2) is 1.70. The van der Waals surface area contributed by atoms with Crippen LogP contribution in [0.15, 0.2) is 24.7 Å². The van der Waals surface area contributed by atoms with Gasteiger partial charge in [-0.05, 0) is 6.07 Å². The third-order valence-corrected chi connectivity index (χ3v) is 1.27. The van der Waals surface area contributed by atoms with E-state index in [0.29, 0.717) is 5.78 Å². The quantitative estimate of drug-likeness (QED) is 0.570. The summed E-state index contributed by atoms with van der Waals surface area (Å²) in [6.45, 7) is 0. The minimum Gasteiger partial charge on any atom is -0.493 e. The average molecular weight is 135 g/mol. The largest absolute Gasteiger partial charge is 0.493 e. The van der Waals surface area contributed by atoms with Crippen molar-refractivity contribution < 1.29 is 5.11 Å². The number of hydrogen-bond donors (Lipinski definition) is 1. The Morgan fingerprint density at radius 2 is 2.30 bits per heavy atom. The molecular weight excluding hydrogens is 130 g/mol. The molecule has 0 atom stereocenters. The van der Waals surface area contributed by atoms with Gasteiger partial charge in [0.15, 0.2) is 0 Å². The molecule has 0 amide bonds. The second-order valence-electron chi connectivity index (χ2n) is 1.91. The van der Waals surface area contributed by atoms with Gasteiger partial charge in [0, 0.05) is 12.4 Å². The molecule has 0 aromatic carbocycles. The van der Waals surface area contributed by atoms with Crippen molar-refractivity contribution in [2.24, 2.45) is 0 Å². The van der Waals surface area contributed by atoms with Crippen molar-refractivity contribution in [1.82, 2.24) is 14.4 Å². The Labute approximate surface area is 56.8 Å². The Morgan fingerprint density at radius 1 is 1.40 bits per heavy atom. The molecule has 0 radical (unpaired) electrons. The van der Waals surface area contributed by atoms with E-state index >= 15 is 0 Å². The molecule has 0 aliphatic heterocycles. The van der Waals surface area contributed by atoms with Gasteiger partial charge in [0.25, 0.3) is 0 Å². The van der Waals surface area contributed by atoms with Crippen LogP contribution in [0, 0.1) is 0 Å². The van der Waals surface area contributed by atoms with E-state index in [1.165, 1.54) is 10.6 Å². The predicted octanol–water partition coefficient (Wildman–Crippen LogP) is 0.435. The molecule has 10 heavy (non-hydrogen) atoms. The fourth-order valence-corrected chi connectivity index (χ4v) is 0.815. The van der Waals surface area contributed by atoms with E-state index in [4.69, 9.17) is 5.11 Å². The first-order valence-corrected chi connectivity index (χ1v) is 2.85. The lowest BCUT2D eigenvalue weighted by Gasteiger charge is -1.89. The molecule has 2 heterocycles. The minimum atomic E-state index is 0.114. The molecule has 0 fully saturated rings.